The van der Waals surface area contributed by atoms with Gasteiger partial charge in [-0.15, -0.1) is 0 Å². The van der Waals surface area contributed by atoms with Crippen LogP contribution in [0.25, 0.3) is 11.3 Å². The largest absolute Gasteiger partial charge is 0.482 e. The first-order valence-electron chi connectivity index (χ1n) is 7.87. The highest BCUT2D eigenvalue weighted by atomic mass is 35.5. The van der Waals surface area contributed by atoms with Crippen molar-refractivity contribution >= 4 is 58.5 Å². The quantitative estimate of drug-likeness (QED) is 0.359. The number of halogens is 4. The minimum atomic E-state index is -0.463. The Hall–Kier alpha value is -2.18. The average Bonchev–Trinajstić information content (AvgIpc) is 3.09. The minimum absolute atomic E-state index is 0.261. The molecule has 0 aliphatic carbocycles. The summed E-state index contributed by atoms with van der Waals surface area (Å²) in [6.45, 7) is -0.261. The van der Waals surface area contributed by atoms with Gasteiger partial charge >= 0.3 is 0 Å². The maximum atomic E-state index is 11.8. The fraction of sp³-hybridized carbons (Fsp3) is 0.0526. The minimum Gasteiger partial charge on any atom is -0.482 e. The Morgan fingerprint density at radius 3 is 2.43 bits per heavy atom. The fourth-order valence-electron chi connectivity index (χ4n) is 2.19. The van der Waals surface area contributed by atoms with Crippen molar-refractivity contribution in [3.05, 3.63) is 74.4 Å². The summed E-state index contributed by atoms with van der Waals surface area (Å²) >= 11 is 23.8. The number of hydrazone groups is 1. The highest BCUT2D eigenvalue weighted by molar-refractivity contribution is 6.36. The molecule has 0 spiro atoms. The number of amides is 1. The number of furan rings is 1. The SMILES string of the molecule is O=C(COc1ccc(Cl)cc1Cl)NN=Cc1ccc(-c2ccc(Cl)cc2Cl)o1. The molecule has 0 aliphatic heterocycles. The number of nitrogens with zero attached hydrogens (tertiary/aromatic N) is 1. The molecule has 0 bridgehead atoms. The van der Waals surface area contributed by atoms with Gasteiger partial charge in [0.25, 0.3) is 5.91 Å². The molecule has 1 aromatic heterocycles. The Bertz CT molecular complexity index is 1030. The Balaban J connectivity index is 1.54. The first kappa shape index (κ1) is 20.6. The van der Waals surface area contributed by atoms with Gasteiger partial charge in [0.05, 0.1) is 16.3 Å². The summed E-state index contributed by atoms with van der Waals surface area (Å²) in [6, 6.07) is 13.2. The molecule has 3 rings (SSSR count). The molecular weight excluding hydrogens is 446 g/mol. The normalized spacial score (nSPS) is 11.0. The van der Waals surface area contributed by atoms with E-state index in [1.54, 1.807) is 42.5 Å². The summed E-state index contributed by atoms with van der Waals surface area (Å²) in [6.07, 6.45) is 1.36. The second-order valence-corrected chi connectivity index (χ2v) is 7.17. The number of benzene rings is 2. The van der Waals surface area contributed by atoms with Crippen LogP contribution in [0.1, 0.15) is 5.76 Å². The molecule has 0 aliphatic rings. The standard InChI is InChI=1S/C19H12Cl4N2O3/c20-11-1-4-14(15(22)7-11)17-6-3-13(28-17)9-24-25-19(26)10-27-18-5-2-12(21)8-16(18)23/h1-9H,10H2,(H,25,26). The first-order valence-corrected chi connectivity index (χ1v) is 9.38. The van der Waals surface area contributed by atoms with E-state index in [0.717, 1.165) is 0 Å². The molecular formula is C19H12Cl4N2O3. The van der Waals surface area contributed by atoms with Gasteiger partial charge in [0.2, 0.25) is 0 Å². The Labute approximate surface area is 180 Å². The maximum Gasteiger partial charge on any atom is 0.277 e. The van der Waals surface area contributed by atoms with E-state index in [-0.39, 0.29) is 6.61 Å². The second-order valence-electron chi connectivity index (χ2n) is 5.48. The summed E-state index contributed by atoms with van der Waals surface area (Å²) in [5.74, 6) is 0.869. The Kier molecular flexibility index (Phi) is 6.86. The van der Waals surface area contributed by atoms with Gasteiger partial charge in [-0.2, -0.15) is 5.10 Å². The smallest absolute Gasteiger partial charge is 0.277 e. The van der Waals surface area contributed by atoms with Crippen molar-refractivity contribution in [2.45, 2.75) is 0 Å². The summed E-state index contributed by atoms with van der Waals surface area (Å²) in [5, 5.41) is 5.62. The molecule has 1 amide bonds. The van der Waals surface area contributed by atoms with Crippen LogP contribution in [0.5, 0.6) is 5.75 Å². The number of carbonyl (C=O) groups is 1. The van der Waals surface area contributed by atoms with E-state index >= 15 is 0 Å². The third kappa shape index (κ3) is 5.42. The molecule has 28 heavy (non-hydrogen) atoms. The molecule has 0 saturated heterocycles. The van der Waals surface area contributed by atoms with E-state index in [1.807, 2.05) is 0 Å². The van der Waals surface area contributed by atoms with Crippen molar-refractivity contribution in [2.24, 2.45) is 5.10 Å². The van der Waals surface area contributed by atoms with Gasteiger partial charge in [-0.1, -0.05) is 46.4 Å². The Morgan fingerprint density at radius 1 is 1.00 bits per heavy atom. The molecule has 1 heterocycles. The lowest BCUT2D eigenvalue weighted by Gasteiger charge is -2.06. The molecule has 5 nitrogen and oxygen atoms in total. The van der Waals surface area contributed by atoms with Crippen LogP contribution in [0.2, 0.25) is 20.1 Å². The molecule has 0 unspecified atom stereocenters. The maximum absolute atomic E-state index is 11.8. The van der Waals surface area contributed by atoms with Gasteiger partial charge in [-0.05, 0) is 48.5 Å². The third-order valence-electron chi connectivity index (χ3n) is 3.46. The van der Waals surface area contributed by atoms with Gasteiger partial charge in [0, 0.05) is 15.6 Å². The number of ether oxygens (including phenoxy) is 1. The predicted octanol–water partition coefficient (Wildman–Crippen LogP) is 6.09. The van der Waals surface area contributed by atoms with Crippen molar-refractivity contribution in [2.75, 3.05) is 6.61 Å². The van der Waals surface area contributed by atoms with E-state index in [4.69, 9.17) is 55.6 Å². The zero-order valence-electron chi connectivity index (χ0n) is 14.1. The monoisotopic (exact) mass is 456 g/mol. The lowest BCUT2D eigenvalue weighted by Crippen LogP contribution is -2.24. The second kappa shape index (κ2) is 9.34. The van der Waals surface area contributed by atoms with Gasteiger partial charge in [-0.25, -0.2) is 5.43 Å². The third-order valence-corrected chi connectivity index (χ3v) is 4.54. The van der Waals surface area contributed by atoms with Crippen LogP contribution in [0.4, 0.5) is 0 Å². The van der Waals surface area contributed by atoms with E-state index in [2.05, 4.69) is 10.5 Å². The van der Waals surface area contributed by atoms with E-state index in [9.17, 15) is 4.79 Å². The molecule has 0 radical (unpaired) electrons. The summed E-state index contributed by atoms with van der Waals surface area (Å²) in [4.78, 5) is 11.8. The number of hydrogen-bond donors (Lipinski definition) is 1. The van der Waals surface area contributed by atoms with Gasteiger partial charge in [0.1, 0.15) is 17.3 Å². The first-order chi connectivity index (χ1) is 13.4. The van der Waals surface area contributed by atoms with Crippen molar-refractivity contribution in [1.29, 1.82) is 0 Å². The van der Waals surface area contributed by atoms with Crippen molar-refractivity contribution in [3.63, 3.8) is 0 Å². The molecule has 0 atom stereocenters. The van der Waals surface area contributed by atoms with Gasteiger partial charge in [0.15, 0.2) is 6.61 Å². The van der Waals surface area contributed by atoms with Crippen LogP contribution < -0.4 is 10.2 Å². The zero-order chi connectivity index (χ0) is 20.1. The topological polar surface area (TPSA) is 63.8 Å². The molecule has 3 aromatic rings. The van der Waals surface area contributed by atoms with Crippen molar-refractivity contribution < 1.29 is 13.9 Å². The van der Waals surface area contributed by atoms with Crippen molar-refractivity contribution in [3.8, 4) is 17.1 Å². The Morgan fingerprint density at radius 2 is 1.71 bits per heavy atom. The average molecular weight is 458 g/mol. The molecule has 2 aromatic carbocycles. The van der Waals surface area contributed by atoms with Crippen LogP contribution in [0.3, 0.4) is 0 Å². The highest BCUT2D eigenvalue weighted by Gasteiger charge is 2.09. The molecule has 0 saturated carbocycles. The van der Waals surface area contributed by atoms with E-state index in [1.165, 1.54) is 12.3 Å². The van der Waals surface area contributed by atoms with Crippen LogP contribution in [-0.2, 0) is 4.79 Å². The molecule has 0 fully saturated rings. The predicted molar refractivity (Wildman–Crippen MR) is 112 cm³/mol. The van der Waals surface area contributed by atoms with Crippen LogP contribution in [0.15, 0.2) is 58.0 Å². The van der Waals surface area contributed by atoms with Gasteiger partial charge < -0.3 is 9.15 Å². The fourth-order valence-corrected chi connectivity index (χ4v) is 3.16. The van der Waals surface area contributed by atoms with Crippen LogP contribution in [0, 0.1) is 0 Å². The molecule has 144 valence electrons. The van der Waals surface area contributed by atoms with Crippen LogP contribution >= 0.6 is 46.4 Å². The van der Waals surface area contributed by atoms with E-state index in [0.29, 0.717) is 42.9 Å². The van der Waals surface area contributed by atoms with Crippen LogP contribution in [-0.4, -0.2) is 18.7 Å². The lowest BCUT2D eigenvalue weighted by molar-refractivity contribution is -0.123. The number of rotatable bonds is 6. The summed E-state index contributed by atoms with van der Waals surface area (Å²) < 4.78 is 11.0. The number of carbonyl (C=O) groups excluding carboxylic acids is 1. The van der Waals surface area contributed by atoms with Gasteiger partial charge in [-0.3, -0.25) is 4.79 Å². The number of hydrogen-bond acceptors (Lipinski definition) is 4. The summed E-state index contributed by atoms with van der Waals surface area (Å²) in [7, 11) is 0. The summed E-state index contributed by atoms with van der Waals surface area (Å²) in [5.41, 5.74) is 3.03. The lowest BCUT2D eigenvalue weighted by atomic mass is 10.2. The van der Waals surface area contributed by atoms with E-state index < -0.39 is 5.91 Å². The molecule has 9 heteroatoms. The molecule has 1 N–H and O–H groups in total. The van der Waals surface area contributed by atoms with Crippen molar-refractivity contribution in [1.82, 2.24) is 5.43 Å². The number of nitrogens with one attached hydrogen (secondary N) is 1. The highest BCUT2D eigenvalue weighted by Crippen LogP contribution is 2.31. The zero-order valence-corrected chi connectivity index (χ0v) is 17.1.